The zero-order valence-electron chi connectivity index (χ0n) is 8.06. The van der Waals surface area contributed by atoms with E-state index >= 15 is 0 Å². The second-order valence-corrected chi connectivity index (χ2v) is 4.13. The molecule has 0 spiro atoms. The molecule has 0 saturated carbocycles. The van der Waals surface area contributed by atoms with Crippen LogP contribution in [0.15, 0.2) is 0 Å². The first-order chi connectivity index (χ1) is 5.58. The van der Waals surface area contributed by atoms with Crippen LogP contribution in [-0.2, 0) is 0 Å². The zero-order valence-corrected chi connectivity index (χ0v) is 8.06. The van der Waals surface area contributed by atoms with Gasteiger partial charge in [0.25, 0.3) is 0 Å². The minimum Gasteiger partial charge on any atom is -0.326 e. The van der Waals surface area contributed by atoms with E-state index in [4.69, 9.17) is 5.73 Å². The summed E-state index contributed by atoms with van der Waals surface area (Å²) in [6, 6.07) is 0. The smallest absolute Gasteiger partial charge is 0.0502 e. The fourth-order valence-corrected chi connectivity index (χ4v) is 1.18. The molecule has 1 fully saturated rings. The Balaban J connectivity index is 2.13. The van der Waals surface area contributed by atoms with E-state index < -0.39 is 0 Å². The monoisotopic (exact) mass is 172 g/mol. The molecule has 0 bridgehead atoms. The Morgan fingerprint density at radius 3 is 2.42 bits per heavy atom. The first kappa shape index (κ1) is 9.92. The number of hydrogen-bond acceptors (Lipinski definition) is 4. The molecule has 0 radical (unpaired) electrons. The standard InChI is InChI=1S/C8H20N4/c1-8(2,9)3-4-12-6-10-5-11-7-12/h10-11H,3-7,9H2,1-2H3. The predicted octanol–water partition coefficient (Wildman–Crippen LogP) is -0.519. The minimum atomic E-state index is -0.0442. The van der Waals surface area contributed by atoms with Crippen molar-refractivity contribution >= 4 is 0 Å². The molecule has 0 aromatic heterocycles. The molecule has 4 heteroatoms. The Morgan fingerprint density at radius 1 is 1.33 bits per heavy atom. The van der Waals surface area contributed by atoms with E-state index in [0.717, 1.165) is 33.0 Å². The number of hydrogen-bond donors (Lipinski definition) is 3. The zero-order chi connectivity index (χ0) is 9.03. The van der Waals surface area contributed by atoms with Gasteiger partial charge >= 0.3 is 0 Å². The lowest BCUT2D eigenvalue weighted by Crippen LogP contribution is -2.52. The van der Waals surface area contributed by atoms with Crippen LogP contribution in [0.2, 0.25) is 0 Å². The Bertz CT molecular complexity index is 124. The van der Waals surface area contributed by atoms with Crippen molar-refractivity contribution in [3.05, 3.63) is 0 Å². The number of nitrogens with zero attached hydrogens (tertiary/aromatic N) is 1. The average Bonchev–Trinajstić information content (AvgIpc) is 2.02. The van der Waals surface area contributed by atoms with Crippen LogP contribution < -0.4 is 16.4 Å². The van der Waals surface area contributed by atoms with Gasteiger partial charge < -0.3 is 5.73 Å². The van der Waals surface area contributed by atoms with Gasteiger partial charge in [-0.15, -0.1) is 0 Å². The van der Waals surface area contributed by atoms with E-state index in [-0.39, 0.29) is 5.54 Å². The molecule has 0 aromatic carbocycles. The topological polar surface area (TPSA) is 53.3 Å². The van der Waals surface area contributed by atoms with Gasteiger partial charge in [-0.1, -0.05) is 0 Å². The average molecular weight is 172 g/mol. The fourth-order valence-electron chi connectivity index (χ4n) is 1.18. The molecule has 0 atom stereocenters. The maximum Gasteiger partial charge on any atom is 0.0502 e. The molecule has 1 saturated heterocycles. The first-order valence-electron chi connectivity index (χ1n) is 4.51. The summed E-state index contributed by atoms with van der Waals surface area (Å²) in [5.74, 6) is 0. The maximum atomic E-state index is 5.89. The third kappa shape index (κ3) is 4.01. The first-order valence-corrected chi connectivity index (χ1v) is 4.51. The van der Waals surface area contributed by atoms with Crippen LogP contribution in [0.4, 0.5) is 0 Å². The Hall–Kier alpha value is -0.160. The normalized spacial score (nSPS) is 21.2. The van der Waals surface area contributed by atoms with E-state index in [1.807, 2.05) is 0 Å². The third-order valence-corrected chi connectivity index (χ3v) is 1.99. The van der Waals surface area contributed by atoms with Gasteiger partial charge in [-0.25, -0.2) is 0 Å². The fraction of sp³-hybridized carbons (Fsp3) is 1.00. The van der Waals surface area contributed by atoms with Gasteiger partial charge in [0, 0.05) is 18.8 Å². The van der Waals surface area contributed by atoms with Crippen LogP contribution in [0.1, 0.15) is 20.3 Å². The van der Waals surface area contributed by atoms with Crippen LogP contribution in [-0.4, -0.2) is 37.0 Å². The lowest BCUT2D eigenvalue weighted by Gasteiger charge is -2.30. The van der Waals surface area contributed by atoms with Crippen molar-refractivity contribution in [2.24, 2.45) is 5.73 Å². The summed E-state index contributed by atoms with van der Waals surface area (Å²) in [7, 11) is 0. The van der Waals surface area contributed by atoms with E-state index in [1.54, 1.807) is 0 Å². The second-order valence-electron chi connectivity index (χ2n) is 4.13. The van der Waals surface area contributed by atoms with E-state index in [2.05, 4.69) is 29.4 Å². The maximum absolute atomic E-state index is 5.89. The number of nitrogens with one attached hydrogen (secondary N) is 2. The molecule has 72 valence electrons. The van der Waals surface area contributed by atoms with Crippen molar-refractivity contribution < 1.29 is 0 Å². The van der Waals surface area contributed by atoms with Crippen LogP contribution in [0, 0.1) is 0 Å². The third-order valence-electron chi connectivity index (χ3n) is 1.99. The molecule has 0 aromatic rings. The minimum absolute atomic E-state index is 0.0442. The van der Waals surface area contributed by atoms with Crippen LogP contribution >= 0.6 is 0 Å². The molecule has 1 aliphatic heterocycles. The summed E-state index contributed by atoms with van der Waals surface area (Å²) in [6.07, 6.45) is 1.04. The molecule has 4 nitrogen and oxygen atoms in total. The van der Waals surface area contributed by atoms with Crippen LogP contribution in [0.5, 0.6) is 0 Å². The predicted molar refractivity (Wildman–Crippen MR) is 50.5 cm³/mol. The molecule has 1 rings (SSSR count). The Kier molecular flexibility index (Phi) is 3.46. The SMILES string of the molecule is CC(C)(N)CCN1CNCNC1. The van der Waals surface area contributed by atoms with Gasteiger partial charge in [0.15, 0.2) is 0 Å². The summed E-state index contributed by atoms with van der Waals surface area (Å²) in [5.41, 5.74) is 5.84. The Labute approximate surface area is 74.5 Å². The summed E-state index contributed by atoms with van der Waals surface area (Å²) in [4.78, 5) is 2.32. The van der Waals surface area contributed by atoms with E-state index in [1.165, 1.54) is 0 Å². The second kappa shape index (κ2) is 4.18. The molecular weight excluding hydrogens is 152 g/mol. The summed E-state index contributed by atoms with van der Waals surface area (Å²) in [5, 5.41) is 6.49. The molecular formula is C8H20N4. The van der Waals surface area contributed by atoms with Gasteiger partial charge in [0.2, 0.25) is 0 Å². The van der Waals surface area contributed by atoms with E-state index in [9.17, 15) is 0 Å². The molecule has 1 heterocycles. The lowest BCUT2D eigenvalue weighted by molar-refractivity contribution is 0.178. The molecule has 1 aliphatic rings. The van der Waals surface area contributed by atoms with Gasteiger partial charge in [-0.05, 0) is 20.3 Å². The molecule has 12 heavy (non-hydrogen) atoms. The van der Waals surface area contributed by atoms with Gasteiger partial charge in [0.05, 0.1) is 13.3 Å². The summed E-state index contributed by atoms with van der Waals surface area (Å²) >= 11 is 0. The largest absolute Gasteiger partial charge is 0.326 e. The highest BCUT2D eigenvalue weighted by Crippen LogP contribution is 2.04. The van der Waals surface area contributed by atoms with Crippen molar-refractivity contribution in [2.45, 2.75) is 25.8 Å². The van der Waals surface area contributed by atoms with Gasteiger partial charge in [-0.3, -0.25) is 15.5 Å². The molecule has 0 aliphatic carbocycles. The Morgan fingerprint density at radius 2 is 1.92 bits per heavy atom. The number of nitrogens with two attached hydrogens (primary N) is 1. The lowest BCUT2D eigenvalue weighted by atomic mass is 10.0. The highest BCUT2D eigenvalue weighted by atomic mass is 15.4. The van der Waals surface area contributed by atoms with Crippen molar-refractivity contribution in [3.8, 4) is 0 Å². The highest BCUT2D eigenvalue weighted by Gasteiger charge is 2.14. The highest BCUT2D eigenvalue weighted by molar-refractivity contribution is 4.74. The molecule has 0 amide bonds. The van der Waals surface area contributed by atoms with Gasteiger partial charge in [-0.2, -0.15) is 0 Å². The van der Waals surface area contributed by atoms with Gasteiger partial charge in [0.1, 0.15) is 0 Å². The summed E-state index contributed by atoms with van der Waals surface area (Å²) in [6.45, 7) is 8.06. The van der Waals surface area contributed by atoms with Crippen molar-refractivity contribution in [2.75, 3.05) is 26.6 Å². The van der Waals surface area contributed by atoms with Crippen molar-refractivity contribution in [1.29, 1.82) is 0 Å². The quantitative estimate of drug-likeness (QED) is 0.536. The van der Waals surface area contributed by atoms with Crippen LogP contribution in [0.3, 0.4) is 0 Å². The van der Waals surface area contributed by atoms with Crippen molar-refractivity contribution in [1.82, 2.24) is 15.5 Å². The molecule has 4 N–H and O–H groups in total. The number of rotatable bonds is 3. The van der Waals surface area contributed by atoms with E-state index in [0.29, 0.717) is 0 Å². The van der Waals surface area contributed by atoms with Crippen molar-refractivity contribution in [3.63, 3.8) is 0 Å². The molecule has 0 unspecified atom stereocenters. The summed E-state index contributed by atoms with van der Waals surface area (Å²) < 4.78 is 0. The van der Waals surface area contributed by atoms with Crippen LogP contribution in [0.25, 0.3) is 0 Å².